The second-order valence-corrected chi connectivity index (χ2v) is 6.43. The summed E-state index contributed by atoms with van der Waals surface area (Å²) in [5, 5.41) is 2.91. The minimum absolute atomic E-state index is 0.00708. The quantitative estimate of drug-likeness (QED) is 0.593. The third kappa shape index (κ3) is 4.15. The Morgan fingerprint density at radius 3 is 2.68 bits per heavy atom. The Kier molecular flexibility index (Phi) is 4.38. The highest BCUT2D eigenvalue weighted by Gasteiger charge is 2.29. The van der Waals surface area contributed by atoms with Crippen molar-refractivity contribution in [1.82, 2.24) is 15.0 Å². The smallest absolute Gasteiger partial charge is 0.242 e. The second-order valence-electron chi connectivity index (χ2n) is 4.28. The average Bonchev–Trinajstić information content (AvgIpc) is 3.19. The Balaban J connectivity index is 1.80. The normalized spacial score (nSPS) is 15.2. The number of carbonyl (C=O) groups excluding carboxylic acids is 1. The lowest BCUT2D eigenvalue weighted by Gasteiger charge is -2.07. The molecule has 0 bridgehead atoms. The van der Waals surface area contributed by atoms with Crippen LogP contribution in [0.3, 0.4) is 0 Å². The first kappa shape index (κ1) is 14.2. The molecular formula is C11H14ClN3O3S. The molecule has 8 heteroatoms. The van der Waals surface area contributed by atoms with Crippen LogP contribution >= 0.6 is 11.6 Å². The highest BCUT2D eigenvalue weighted by Crippen LogP contribution is 2.28. The third-order valence-corrected chi connectivity index (χ3v) is 4.34. The highest BCUT2D eigenvalue weighted by molar-refractivity contribution is 7.89. The van der Waals surface area contributed by atoms with E-state index in [2.05, 4.69) is 15.0 Å². The molecule has 104 valence electrons. The molecule has 6 nitrogen and oxygen atoms in total. The van der Waals surface area contributed by atoms with E-state index in [4.69, 9.17) is 11.6 Å². The van der Waals surface area contributed by atoms with Crippen LogP contribution in [0.5, 0.6) is 0 Å². The van der Waals surface area contributed by atoms with Gasteiger partial charge in [0.2, 0.25) is 15.9 Å². The van der Waals surface area contributed by atoms with Crippen molar-refractivity contribution >= 4 is 27.5 Å². The van der Waals surface area contributed by atoms with Gasteiger partial charge in [-0.05, 0) is 25.0 Å². The Bertz CT molecular complexity index is 555. The summed E-state index contributed by atoms with van der Waals surface area (Å²) in [6, 6.07) is 2.78. The summed E-state index contributed by atoms with van der Waals surface area (Å²) in [6.07, 6.45) is 3.04. The van der Waals surface area contributed by atoms with Gasteiger partial charge in [-0.1, -0.05) is 11.6 Å². The summed E-state index contributed by atoms with van der Waals surface area (Å²) in [5.74, 6) is 0.115. The molecule has 1 aliphatic carbocycles. The van der Waals surface area contributed by atoms with E-state index in [0.29, 0.717) is 0 Å². The van der Waals surface area contributed by atoms with Crippen LogP contribution < -0.4 is 10.0 Å². The maximum absolute atomic E-state index is 11.8. The van der Waals surface area contributed by atoms with E-state index in [1.165, 1.54) is 18.3 Å². The van der Waals surface area contributed by atoms with Gasteiger partial charge in [0.05, 0.1) is 0 Å². The molecule has 2 rings (SSSR count). The molecule has 1 amide bonds. The first-order valence-corrected chi connectivity index (χ1v) is 7.74. The molecule has 1 saturated carbocycles. The average molecular weight is 304 g/mol. The molecule has 1 aromatic rings. The van der Waals surface area contributed by atoms with Crippen LogP contribution in [0.15, 0.2) is 23.2 Å². The van der Waals surface area contributed by atoms with Crippen molar-refractivity contribution < 1.29 is 13.2 Å². The Morgan fingerprint density at radius 2 is 2.11 bits per heavy atom. The molecule has 1 heterocycles. The zero-order valence-electron chi connectivity index (χ0n) is 10.1. The van der Waals surface area contributed by atoms with Gasteiger partial charge < -0.3 is 5.32 Å². The van der Waals surface area contributed by atoms with Gasteiger partial charge in [-0.25, -0.2) is 18.1 Å². The fourth-order valence-corrected chi connectivity index (χ4v) is 2.55. The lowest BCUT2D eigenvalue weighted by Crippen LogP contribution is -2.35. The molecule has 1 aromatic heterocycles. The van der Waals surface area contributed by atoms with Gasteiger partial charge in [0.25, 0.3) is 0 Å². The van der Waals surface area contributed by atoms with Crippen LogP contribution in [0, 0.1) is 5.92 Å². The lowest BCUT2D eigenvalue weighted by atomic mass is 10.4. The van der Waals surface area contributed by atoms with Crippen molar-refractivity contribution in [2.24, 2.45) is 5.92 Å². The molecule has 0 atom stereocenters. The topological polar surface area (TPSA) is 88.2 Å². The van der Waals surface area contributed by atoms with Crippen molar-refractivity contribution in [3.63, 3.8) is 0 Å². The first-order valence-electron chi connectivity index (χ1n) is 5.88. The minimum Gasteiger partial charge on any atom is -0.355 e. The monoisotopic (exact) mass is 303 g/mol. The molecule has 2 N–H and O–H groups in total. The van der Waals surface area contributed by atoms with E-state index in [9.17, 15) is 13.2 Å². The largest absolute Gasteiger partial charge is 0.355 e. The molecule has 1 aliphatic rings. The summed E-state index contributed by atoms with van der Waals surface area (Å²) in [7, 11) is -3.60. The van der Waals surface area contributed by atoms with Gasteiger partial charge in [0, 0.05) is 25.2 Å². The van der Waals surface area contributed by atoms with Crippen molar-refractivity contribution in [2.75, 3.05) is 13.1 Å². The van der Waals surface area contributed by atoms with Crippen LogP contribution in [-0.2, 0) is 14.8 Å². The predicted octanol–water partition coefficient (Wildman–Crippen LogP) is 0.539. The van der Waals surface area contributed by atoms with E-state index in [0.717, 1.165) is 12.8 Å². The zero-order chi connectivity index (χ0) is 13.9. The molecule has 0 aromatic carbocycles. The summed E-state index contributed by atoms with van der Waals surface area (Å²) >= 11 is 5.59. The SMILES string of the molecule is O=C(NCCNS(=O)(=O)c1ccc(Cl)nc1)C1CC1. The Labute approximate surface area is 116 Å². The van der Waals surface area contributed by atoms with Gasteiger partial charge in [-0.3, -0.25) is 4.79 Å². The van der Waals surface area contributed by atoms with Crippen molar-refractivity contribution in [1.29, 1.82) is 0 Å². The van der Waals surface area contributed by atoms with Crippen LogP contribution in [0.4, 0.5) is 0 Å². The van der Waals surface area contributed by atoms with Crippen molar-refractivity contribution in [3.05, 3.63) is 23.5 Å². The number of sulfonamides is 1. The first-order chi connectivity index (χ1) is 8.99. The minimum atomic E-state index is -3.60. The molecule has 1 fully saturated rings. The Morgan fingerprint density at radius 1 is 1.37 bits per heavy atom. The number of amides is 1. The van der Waals surface area contributed by atoms with E-state index in [1.54, 1.807) is 0 Å². The molecular weight excluding hydrogens is 290 g/mol. The van der Waals surface area contributed by atoms with E-state index >= 15 is 0 Å². The van der Waals surface area contributed by atoms with Crippen molar-refractivity contribution in [2.45, 2.75) is 17.7 Å². The molecule has 0 radical (unpaired) electrons. The summed E-state index contributed by atoms with van der Waals surface area (Å²) < 4.78 is 26.0. The molecule has 19 heavy (non-hydrogen) atoms. The van der Waals surface area contributed by atoms with Crippen LogP contribution in [-0.4, -0.2) is 32.4 Å². The number of nitrogens with zero attached hydrogens (tertiary/aromatic N) is 1. The van der Waals surface area contributed by atoms with Gasteiger partial charge in [-0.2, -0.15) is 0 Å². The van der Waals surface area contributed by atoms with Gasteiger partial charge in [0.1, 0.15) is 10.0 Å². The fraction of sp³-hybridized carbons (Fsp3) is 0.455. The molecule has 0 aliphatic heterocycles. The molecule has 0 unspecified atom stereocenters. The van der Waals surface area contributed by atoms with Gasteiger partial charge in [0.15, 0.2) is 0 Å². The number of pyridine rings is 1. The fourth-order valence-electron chi connectivity index (χ4n) is 1.47. The summed E-state index contributed by atoms with van der Waals surface area (Å²) in [6.45, 7) is 0.416. The number of aromatic nitrogens is 1. The Hall–Kier alpha value is -1.18. The maximum Gasteiger partial charge on any atom is 0.242 e. The van der Waals surface area contributed by atoms with Crippen LogP contribution in [0.1, 0.15) is 12.8 Å². The predicted molar refractivity (Wildman–Crippen MR) is 70.2 cm³/mol. The van der Waals surface area contributed by atoms with E-state index in [1.807, 2.05) is 0 Å². The number of hydrogen-bond acceptors (Lipinski definition) is 4. The summed E-state index contributed by atoms with van der Waals surface area (Å²) in [5.41, 5.74) is 0. The second kappa shape index (κ2) is 5.85. The number of rotatable bonds is 6. The third-order valence-electron chi connectivity index (χ3n) is 2.68. The number of carbonyl (C=O) groups is 1. The van der Waals surface area contributed by atoms with E-state index < -0.39 is 10.0 Å². The van der Waals surface area contributed by atoms with Gasteiger partial charge >= 0.3 is 0 Å². The lowest BCUT2D eigenvalue weighted by molar-refractivity contribution is -0.122. The number of halogens is 1. The maximum atomic E-state index is 11.8. The number of hydrogen-bond donors (Lipinski definition) is 2. The molecule has 0 saturated heterocycles. The molecule has 0 spiro atoms. The van der Waals surface area contributed by atoms with Crippen molar-refractivity contribution in [3.8, 4) is 0 Å². The van der Waals surface area contributed by atoms with Crippen LogP contribution in [0.25, 0.3) is 0 Å². The highest BCUT2D eigenvalue weighted by atomic mass is 35.5. The standard InChI is InChI=1S/C11H14ClN3O3S/c12-10-4-3-9(7-14-10)19(17,18)15-6-5-13-11(16)8-1-2-8/h3-4,7-8,15H,1-2,5-6H2,(H,13,16). The van der Waals surface area contributed by atoms with Gasteiger partial charge in [-0.15, -0.1) is 0 Å². The zero-order valence-corrected chi connectivity index (χ0v) is 11.7. The van der Waals surface area contributed by atoms with E-state index in [-0.39, 0.29) is 35.0 Å². The van der Waals surface area contributed by atoms with Crippen LogP contribution in [0.2, 0.25) is 5.15 Å². The number of nitrogens with one attached hydrogen (secondary N) is 2. The summed E-state index contributed by atoms with van der Waals surface area (Å²) in [4.78, 5) is 15.1.